The fraction of sp³-hybridized carbons (Fsp3) is 0.722. The molecule has 2 fully saturated rings. The highest BCUT2D eigenvalue weighted by atomic mass is 16.2. The number of hydrogen-bond donors (Lipinski definition) is 2. The average Bonchev–Trinajstić information content (AvgIpc) is 3.36. The van der Waals surface area contributed by atoms with Gasteiger partial charge in [-0.2, -0.15) is 0 Å². The summed E-state index contributed by atoms with van der Waals surface area (Å²) in [7, 11) is 0. The second-order valence-electron chi connectivity index (χ2n) is 8.09. The van der Waals surface area contributed by atoms with E-state index in [-0.39, 0.29) is 11.3 Å². The van der Waals surface area contributed by atoms with Gasteiger partial charge < -0.3 is 15.5 Å². The summed E-state index contributed by atoms with van der Waals surface area (Å²) in [6, 6.07) is 2.64. The number of carbonyl (C=O) groups is 1. The summed E-state index contributed by atoms with van der Waals surface area (Å²) in [4.78, 5) is 23.1. The standard InChI is InChI=1S/C18H29N5O/c1-18(2,3)17(24)19-10-13-5-4-8-23(11-13)16-9-15(20-12-21-16)22-14-6-7-14/h9,12-14H,4-8,10-11H2,1-3H3,(H,19,24)(H,20,21,22). The van der Waals surface area contributed by atoms with Gasteiger partial charge in [0.1, 0.15) is 18.0 Å². The normalized spacial score (nSPS) is 21.5. The molecule has 132 valence electrons. The molecule has 1 saturated carbocycles. The van der Waals surface area contributed by atoms with Crippen LogP contribution in [0.15, 0.2) is 12.4 Å². The van der Waals surface area contributed by atoms with Crippen LogP contribution in [0.5, 0.6) is 0 Å². The van der Waals surface area contributed by atoms with Crippen molar-refractivity contribution in [2.45, 2.75) is 52.5 Å². The van der Waals surface area contributed by atoms with Gasteiger partial charge in [-0.25, -0.2) is 9.97 Å². The summed E-state index contributed by atoms with van der Waals surface area (Å²) in [6.45, 7) is 8.54. The third-order valence-electron chi connectivity index (χ3n) is 4.66. The fourth-order valence-corrected chi connectivity index (χ4v) is 2.98. The number of carbonyl (C=O) groups excluding carboxylic acids is 1. The van der Waals surface area contributed by atoms with Crippen LogP contribution >= 0.6 is 0 Å². The Morgan fingerprint density at radius 1 is 1.29 bits per heavy atom. The van der Waals surface area contributed by atoms with E-state index >= 15 is 0 Å². The van der Waals surface area contributed by atoms with Gasteiger partial charge in [-0.05, 0) is 31.6 Å². The molecule has 1 aliphatic heterocycles. The topological polar surface area (TPSA) is 70.2 Å². The molecule has 2 aliphatic rings. The molecular weight excluding hydrogens is 302 g/mol. The number of rotatable bonds is 5. The van der Waals surface area contributed by atoms with Gasteiger partial charge in [-0.1, -0.05) is 20.8 Å². The van der Waals surface area contributed by atoms with Gasteiger partial charge in [-0.15, -0.1) is 0 Å². The number of nitrogens with one attached hydrogen (secondary N) is 2. The Morgan fingerprint density at radius 3 is 2.79 bits per heavy atom. The van der Waals surface area contributed by atoms with Crippen LogP contribution in [0.2, 0.25) is 0 Å². The molecule has 0 spiro atoms. The molecule has 0 radical (unpaired) electrons. The lowest BCUT2D eigenvalue weighted by atomic mass is 9.94. The van der Waals surface area contributed by atoms with Gasteiger partial charge in [-0.3, -0.25) is 4.79 Å². The lowest BCUT2D eigenvalue weighted by Crippen LogP contribution is -2.43. The van der Waals surface area contributed by atoms with E-state index in [1.54, 1.807) is 6.33 Å². The van der Waals surface area contributed by atoms with Crippen LogP contribution < -0.4 is 15.5 Å². The monoisotopic (exact) mass is 331 g/mol. The van der Waals surface area contributed by atoms with E-state index in [2.05, 4.69) is 31.6 Å². The van der Waals surface area contributed by atoms with Crippen LogP contribution in [0.3, 0.4) is 0 Å². The average molecular weight is 331 g/mol. The van der Waals surface area contributed by atoms with Crippen molar-refractivity contribution in [2.24, 2.45) is 11.3 Å². The predicted octanol–water partition coefficient (Wildman–Crippen LogP) is 2.43. The van der Waals surface area contributed by atoms with Gasteiger partial charge in [0, 0.05) is 37.2 Å². The van der Waals surface area contributed by atoms with Gasteiger partial charge >= 0.3 is 0 Å². The Bertz CT molecular complexity index is 579. The zero-order chi connectivity index (χ0) is 17.2. The first-order valence-corrected chi connectivity index (χ1v) is 9.03. The molecule has 24 heavy (non-hydrogen) atoms. The Morgan fingerprint density at radius 2 is 2.08 bits per heavy atom. The second-order valence-corrected chi connectivity index (χ2v) is 8.09. The minimum atomic E-state index is -0.329. The summed E-state index contributed by atoms with van der Waals surface area (Å²) >= 11 is 0. The van der Waals surface area contributed by atoms with Crippen LogP contribution in [-0.4, -0.2) is 41.6 Å². The van der Waals surface area contributed by atoms with E-state index in [4.69, 9.17) is 0 Å². The lowest BCUT2D eigenvalue weighted by molar-refractivity contribution is -0.128. The van der Waals surface area contributed by atoms with Crippen molar-refractivity contribution in [2.75, 3.05) is 29.9 Å². The summed E-state index contributed by atoms with van der Waals surface area (Å²) < 4.78 is 0. The largest absolute Gasteiger partial charge is 0.367 e. The first kappa shape index (κ1) is 17.0. The molecule has 6 nitrogen and oxygen atoms in total. The summed E-state index contributed by atoms with van der Waals surface area (Å²) in [6.07, 6.45) is 6.40. The predicted molar refractivity (Wildman–Crippen MR) is 96.1 cm³/mol. The Labute approximate surface area is 144 Å². The van der Waals surface area contributed by atoms with E-state index in [0.717, 1.165) is 44.1 Å². The van der Waals surface area contributed by atoms with Crippen LogP contribution in [0.25, 0.3) is 0 Å². The van der Waals surface area contributed by atoms with Gasteiger partial charge in [0.2, 0.25) is 5.91 Å². The summed E-state index contributed by atoms with van der Waals surface area (Å²) in [5.74, 6) is 2.50. The smallest absolute Gasteiger partial charge is 0.225 e. The minimum Gasteiger partial charge on any atom is -0.367 e. The third-order valence-corrected chi connectivity index (χ3v) is 4.66. The number of nitrogens with zero attached hydrogens (tertiary/aromatic N) is 3. The Hall–Kier alpha value is -1.85. The van der Waals surface area contributed by atoms with Crippen molar-refractivity contribution in [3.05, 3.63) is 12.4 Å². The number of aromatic nitrogens is 2. The second kappa shape index (κ2) is 6.95. The van der Waals surface area contributed by atoms with Crippen LogP contribution in [0, 0.1) is 11.3 Å². The summed E-state index contributed by atoms with van der Waals surface area (Å²) in [5.41, 5.74) is -0.329. The van der Waals surface area contributed by atoms with Crippen LogP contribution in [0.4, 0.5) is 11.6 Å². The molecule has 1 aliphatic carbocycles. The molecular formula is C18H29N5O. The first-order chi connectivity index (χ1) is 11.4. The zero-order valence-corrected chi connectivity index (χ0v) is 15.0. The zero-order valence-electron chi connectivity index (χ0n) is 15.0. The molecule has 2 N–H and O–H groups in total. The van der Waals surface area contributed by atoms with E-state index in [1.165, 1.54) is 12.8 Å². The molecule has 1 aromatic heterocycles. The molecule has 1 aromatic rings. The molecule has 3 rings (SSSR count). The van der Waals surface area contributed by atoms with E-state index in [0.29, 0.717) is 12.0 Å². The van der Waals surface area contributed by atoms with Crippen molar-refractivity contribution in [1.29, 1.82) is 0 Å². The fourth-order valence-electron chi connectivity index (χ4n) is 2.98. The number of hydrogen-bond acceptors (Lipinski definition) is 5. The lowest BCUT2D eigenvalue weighted by Gasteiger charge is -2.34. The maximum Gasteiger partial charge on any atom is 0.225 e. The first-order valence-electron chi connectivity index (χ1n) is 9.03. The Balaban J connectivity index is 1.56. The maximum absolute atomic E-state index is 12.1. The Kier molecular flexibility index (Phi) is 4.92. The molecule has 6 heteroatoms. The number of amides is 1. The SMILES string of the molecule is CC(C)(C)C(=O)NCC1CCCN(c2cc(NC3CC3)ncn2)C1. The van der Waals surface area contributed by atoms with Crippen molar-refractivity contribution in [3.63, 3.8) is 0 Å². The van der Waals surface area contributed by atoms with Crippen LogP contribution in [0.1, 0.15) is 46.5 Å². The van der Waals surface area contributed by atoms with Crippen molar-refractivity contribution < 1.29 is 4.79 Å². The number of piperidine rings is 1. The van der Waals surface area contributed by atoms with E-state index < -0.39 is 0 Å². The highest BCUT2D eigenvalue weighted by molar-refractivity contribution is 5.81. The molecule has 1 saturated heterocycles. The van der Waals surface area contributed by atoms with Gasteiger partial charge in [0.25, 0.3) is 0 Å². The third kappa shape index (κ3) is 4.58. The molecule has 1 atom stereocenters. The highest BCUT2D eigenvalue weighted by Crippen LogP contribution is 2.26. The van der Waals surface area contributed by atoms with Crippen molar-refractivity contribution in [1.82, 2.24) is 15.3 Å². The van der Waals surface area contributed by atoms with Crippen molar-refractivity contribution in [3.8, 4) is 0 Å². The maximum atomic E-state index is 12.1. The van der Waals surface area contributed by atoms with E-state index in [1.807, 2.05) is 20.8 Å². The van der Waals surface area contributed by atoms with Gasteiger partial charge in [0.05, 0.1) is 0 Å². The molecule has 1 unspecified atom stereocenters. The molecule has 0 bridgehead atoms. The highest BCUT2D eigenvalue weighted by Gasteiger charge is 2.26. The van der Waals surface area contributed by atoms with Crippen LogP contribution in [-0.2, 0) is 4.79 Å². The molecule has 0 aromatic carbocycles. The van der Waals surface area contributed by atoms with E-state index in [9.17, 15) is 4.79 Å². The molecule has 1 amide bonds. The quantitative estimate of drug-likeness (QED) is 0.867. The van der Waals surface area contributed by atoms with Crippen molar-refractivity contribution >= 4 is 17.5 Å². The summed E-state index contributed by atoms with van der Waals surface area (Å²) in [5, 5.41) is 6.53. The minimum absolute atomic E-state index is 0.123. The molecule has 2 heterocycles. The number of anilines is 2. The van der Waals surface area contributed by atoms with Gasteiger partial charge in [0.15, 0.2) is 0 Å².